The third kappa shape index (κ3) is 4.61. The molecule has 0 spiro atoms. The zero-order valence-electron chi connectivity index (χ0n) is 12.1. The molecular formula is C17H20N2O2. The standard InChI is InChI=1S/C17H20N2O2/c1-19(13-15-7-3-5-9-17(15)21)11-10-18-12-14-6-2-4-8-16(14)20/h2-9,12,20-21H,10-11,13H2,1H3/b18-12+. The number of para-hydroxylation sites is 2. The fourth-order valence-corrected chi connectivity index (χ4v) is 2.00. The summed E-state index contributed by atoms with van der Waals surface area (Å²) in [7, 11) is 1.99. The number of rotatable bonds is 6. The molecule has 0 unspecified atom stereocenters. The second kappa shape index (κ2) is 7.45. The molecule has 110 valence electrons. The van der Waals surface area contributed by atoms with E-state index in [9.17, 15) is 10.2 Å². The van der Waals surface area contributed by atoms with Crippen molar-refractivity contribution >= 4 is 6.21 Å². The number of phenolic OH excluding ortho intramolecular Hbond substituents is 2. The van der Waals surface area contributed by atoms with E-state index in [2.05, 4.69) is 9.89 Å². The largest absolute Gasteiger partial charge is 0.508 e. The summed E-state index contributed by atoms with van der Waals surface area (Å²) in [5, 5.41) is 19.3. The van der Waals surface area contributed by atoms with E-state index < -0.39 is 0 Å². The van der Waals surface area contributed by atoms with Gasteiger partial charge in [0.15, 0.2) is 0 Å². The first-order valence-electron chi connectivity index (χ1n) is 6.90. The Morgan fingerprint density at radius 2 is 1.67 bits per heavy atom. The molecule has 0 radical (unpaired) electrons. The van der Waals surface area contributed by atoms with Gasteiger partial charge in [0.05, 0.1) is 6.54 Å². The zero-order valence-corrected chi connectivity index (χ0v) is 12.1. The topological polar surface area (TPSA) is 56.1 Å². The Kier molecular flexibility index (Phi) is 5.35. The number of hydrogen-bond donors (Lipinski definition) is 2. The minimum atomic E-state index is 0.240. The van der Waals surface area contributed by atoms with Crippen molar-refractivity contribution in [2.45, 2.75) is 6.54 Å². The van der Waals surface area contributed by atoms with E-state index in [1.807, 2.05) is 37.4 Å². The summed E-state index contributed by atoms with van der Waals surface area (Å²) < 4.78 is 0. The van der Waals surface area contributed by atoms with E-state index >= 15 is 0 Å². The predicted octanol–water partition coefficient (Wildman–Crippen LogP) is 2.65. The van der Waals surface area contributed by atoms with Crippen LogP contribution in [0.5, 0.6) is 11.5 Å². The van der Waals surface area contributed by atoms with Crippen LogP contribution >= 0.6 is 0 Å². The Morgan fingerprint density at radius 3 is 2.38 bits per heavy atom. The van der Waals surface area contributed by atoms with Crippen LogP contribution < -0.4 is 0 Å². The summed E-state index contributed by atoms with van der Waals surface area (Å²) in [5.74, 6) is 0.561. The molecule has 4 heteroatoms. The fourth-order valence-electron chi connectivity index (χ4n) is 2.00. The van der Waals surface area contributed by atoms with Crippen molar-refractivity contribution in [3.05, 3.63) is 59.7 Å². The molecule has 4 nitrogen and oxygen atoms in total. The van der Waals surface area contributed by atoms with Gasteiger partial charge < -0.3 is 15.1 Å². The Bertz CT molecular complexity index is 611. The summed E-state index contributed by atoms with van der Waals surface area (Å²) in [6, 6.07) is 14.5. The van der Waals surface area contributed by atoms with Gasteiger partial charge in [0, 0.05) is 30.4 Å². The van der Waals surface area contributed by atoms with E-state index in [1.165, 1.54) is 0 Å². The normalized spacial score (nSPS) is 11.3. The van der Waals surface area contributed by atoms with Crippen molar-refractivity contribution in [3.8, 4) is 11.5 Å². The molecule has 0 aromatic heterocycles. The Labute approximate surface area is 125 Å². The fraction of sp³-hybridized carbons (Fsp3) is 0.235. The van der Waals surface area contributed by atoms with E-state index in [-0.39, 0.29) is 5.75 Å². The Morgan fingerprint density at radius 1 is 1.00 bits per heavy atom. The second-order valence-corrected chi connectivity index (χ2v) is 4.96. The maximum Gasteiger partial charge on any atom is 0.124 e. The van der Waals surface area contributed by atoms with Crippen LogP contribution in [0, 0.1) is 0 Å². The SMILES string of the molecule is CN(CC/N=C/c1ccccc1O)Cc1ccccc1O. The van der Waals surface area contributed by atoms with E-state index in [1.54, 1.807) is 24.4 Å². The van der Waals surface area contributed by atoms with Crippen molar-refractivity contribution in [2.24, 2.45) is 4.99 Å². The first-order valence-corrected chi connectivity index (χ1v) is 6.90. The third-order valence-electron chi connectivity index (χ3n) is 3.21. The summed E-state index contributed by atoms with van der Waals surface area (Å²) in [6.45, 7) is 2.09. The number of likely N-dealkylation sites (N-methyl/N-ethyl adjacent to an activating group) is 1. The highest BCUT2D eigenvalue weighted by atomic mass is 16.3. The molecule has 0 aliphatic heterocycles. The van der Waals surface area contributed by atoms with Crippen LogP contribution in [0.3, 0.4) is 0 Å². The third-order valence-corrected chi connectivity index (χ3v) is 3.21. The van der Waals surface area contributed by atoms with E-state index in [0.29, 0.717) is 18.8 Å². The highest BCUT2D eigenvalue weighted by Crippen LogP contribution is 2.17. The first-order chi connectivity index (χ1) is 10.2. The predicted molar refractivity (Wildman–Crippen MR) is 85.0 cm³/mol. The molecule has 0 saturated heterocycles. The van der Waals surface area contributed by atoms with Crippen LogP contribution in [0.1, 0.15) is 11.1 Å². The second-order valence-electron chi connectivity index (χ2n) is 4.96. The molecule has 0 heterocycles. The van der Waals surface area contributed by atoms with Gasteiger partial charge in [-0.1, -0.05) is 30.3 Å². The minimum absolute atomic E-state index is 0.240. The lowest BCUT2D eigenvalue weighted by atomic mass is 10.2. The molecule has 2 aromatic carbocycles. The smallest absolute Gasteiger partial charge is 0.124 e. The summed E-state index contributed by atoms with van der Waals surface area (Å²) >= 11 is 0. The van der Waals surface area contributed by atoms with Gasteiger partial charge in [-0.15, -0.1) is 0 Å². The lowest BCUT2D eigenvalue weighted by Gasteiger charge is -2.16. The number of aromatic hydroxyl groups is 2. The minimum Gasteiger partial charge on any atom is -0.508 e. The number of benzene rings is 2. The first kappa shape index (κ1) is 15.1. The molecule has 2 N–H and O–H groups in total. The lowest BCUT2D eigenvalue weighted by molar-refractivity contribution is 0.329. The van der Waals surface area contributed by atoms with Crippen LogP contribution in [-0.4, -0.2) is 41.5 Å². The Balaban J connectivity index is 1.81. The maximum absolute atomic E-state index is 9.73. The average molecular weight is 284 g/mol. The summed E-state index contributed by atoms with van der Waals surface area (Å²) in [4.78, 5) is 6.41. The zero-order chi connectivity index (χ0) is 15.1. The molecule has 2 aromatic rings. The summed E-state index contributed by atoms with van der Waals surface area (Å²) in [6.07, 6.45) is 1.68. The molecule has 0 fully saturated rings. The molecular weight excluding hydrogens is 264 g/mol. The molecule has 0 bridgehead atoms. The van der Waals surface area contributed by atoms with E-state index in [4.69, 9.17) is 0 Å². The van der Waals surface area contributed by atoms with Gasteiger partial charge in [-0.25, -0.2) is 0 Å². The van der Waals surface area contributed by atoms with Crippen LogP contribution in [0.15, 0.2) is 53.5 Å². The van der Waals surface area contributed by atoms with E-state index in [0.717, 1.165) is 17.7 Å². The van der Waals surface area contributed by atoms with Gasteiger partial charge in [-0.2, -0.15) is 0 Å². The summed E-state index contributed by atoms with van der Waals surface area (Å²) in [5.41, 5.74) is 1.63. The monoisotopic (exact) mass is 284 g/mol. The quantitative estimate of drug-likeness (QED) is 0.802. The van der Waals surface area contributed by atoms with Crippen LogP contribution in [-0.2, 0) is 6.54 Å². The number of aliphatic imine (C=N–C) groups is 1. The van der Waals surface area contributed by atoms with Gasteiger partial charge in [0.1, 0.15) is 11.5 Å². The van der Waals surface area contributed by atoms with Crippen LogP contribution in [0.2, 0.25) is 0 Å². The van der Waals surface area contributed by atoms with Crippen molar-refractivity contribution in [1.29, 1.82) is 0 Å². The molecule has 0 aliphatic carbocycles. The highest BCUT2D eigenvalue weighted by molar-refractivity contribution is 5.83. The average Bonchev–Trinajstić information content (AvgIpc) is 2.48. The molecule has 0 aliphatic rings. The van der Waals surface area contributed by atoms with Gasteiger partial charge in [-0.05, 0) is 25.2 Å². The van der Waals surface area contributed by atoms with Gasteiger partial charge >= 0.3 is 0 Å². The van der Waals surface area contributed by atoms with Crippen LogP contribution in [0.25, 0.3) is 0 Å². The molecule has 0 saturated carbocycles. The number of hydrogen-bond acceptors (Lipinski definition) is 4. The Hall–Kier alpha value is -2.33. The van der Waals surface area contributed by atoms with Gasteiger partial charge in [0.2, 0.25) is 0 Å². The molecule has 2 rings (SSSR count). The lowest BCUT2D eigenvalue weighted by Crippen LogP contribution is -2.21. The van der Waals surface area contributed by atoms with Gasteiger partial charge in [0.25, 0.3) is 0 Å². The van der Waals surface area contributed by atoms with Crippen molar-refractivity contribution in [3.63, 3.8) is 0 Å². The van der Waals surface area contributed by atoms with Gasteiger partial charge in [-0.3, -0.25) is 4.99 Å². The number of nitrogens with zero attached hydrogens (tertiary/aromatic N) is 2. The highest BCUT2D eigenvalue weighted by Gasteiger charge is 2.03. The molecule has 0 amide bonds. The maximum atomic E-state index is 9.73. The molecule has 21 heavy (non-hydrogen) atoms. The van der Waals surface area contributed by atoms with Crippen molar-refractivity contribution in [2.75, 3.05) is 20.1 Å². The van der Waals surface area contributed by atoms with Crippen LogP contribution in [0.4, 0.5) is 0 Å². The number of phenols is 2. The van der Waals surface area contributed by atoms with Crippen molar-refractivity contribution in [1.82, 2.24) is 4.90 Å². The molecule has 0 atom stereocenters. The van der Waals surface area contributed by atoms with Crippen molar-refractivity contribution < 1.29 is 10.2 Å².